The van der Waals surface area contributed by atoms with Crippen LogP contribution >= 0.6 is 23.2 Å². The number of aromatic nitrogens is 2. The van der Waals surface area contributed by atoms with Crippen molar-refractivity contribution in [2.24, 2.45) is 0 Å². The Kier molecular flexibility index (Phi) is 8.82. The number of halogens is 5. The Hall–Kier alpha value is -3.87. The van der Waals surface area contributed by atoms with E-state index in [4.69, 9.17) is 28.0 Å². The van der Waals surface area contributed by atoms with Crippen LogP contribution in [0.3, 0.4) is 0 Å². The fraction of sp³-hybridized carbons (Fsp3) is 0.115. The van der Waals surface area contributed by atoms with Crippen molar-refractivity contribution in [2.45, 2.75) is 23.9 Å². The quantitative estimate of drug-likeness (QED) is 0.216. The first kappa shape index (κ1) is 29.1. The molecule has 0 saturated carbocycles. The summed E-state index contributed by atoms with van der Waals surface area (Å²) >= 11 is 12.3. The second kappa shape index (κ2) is 12.1. The van der Waals surface area contributed by atoms with Crippen LogP contribution in [-0.4, -0.2) is 30.8 Å². The smallest absolute Gasteiger partial charge is 0.339 e. The molecule has 1 aliphatic rings. The van der Waals surface area contributed by atoms with Crippen molar-refractivity contribution in [2.75, 3.05) is 15.4 Å². The van der Waals surface area contributed by atoms with Gasteiger partial charge in [-0.1, -0.05) is 41.4 Å². The van der Waals surface area contributed by atoms with Crippen LogP contribution in [0.25, 0.3) is 0 Å². The Bertz CT molecular complexity index is 1650. The fourth-order valence-electron chi connectivity index (χ4n) is 3.68. The Balaban J connectivity index is 0.000000557. The zero-order valence-electron chi connectivity index (χ0n) is 20.3. The molecule has 3 aromatic carbocycles. The molecule has 1 aliphatic heterocycles. The fourth-order valence-corrected chi connectivity index (χ4v) is 5.22. The Morgan fingerprint density at radius 3 is 2.38 bits per heavy atom. The first-order chi connectivity index (χ1) is 18.9. The highest BCUT2D eigenvalue weighted by molar-refractivity contribution is 7.92. The largest absolute Gasteiger partial charge is 0.446 e. The van der Waals surface area contributed by atoms with Gasteiger partial charge in [-0.2, -0.15) is 18.2 Å². The number of hydrogen-bond donors (Lipinski definition) is 3. The van der Waals surface area contributed by atoms with Crippen molar-refractivity contribution in [3.63, 3.8) is 0 Å². The minimum Gasteiger partial charge on any atom is -0.339 e. The molecular weight excluding hydrogens is 590 g/mol. The van der Waals surface area contributed by atoms with Crippen LogP contribution < -0.4 is 15.4 Å². The third-order valence-electron chi connectivity index (χ3n) is 5.46. The first-order valence-corrected chi connectivity index (χ1v) is 13.8. The summed E-state index contributed by atoms with van der Waals surface area (Å²) in [6.07, 6.45) is -2.88. The minimum atomic E-state index is -4.64. The second-order valence-electron chi connectivity index (χ2n) is 8.43. The van der Waals surface area contributed by atoms with E-state index in [1.807, 2.05) is 30.3 Å². The average Bonchev–Trinajstić information content (AvgIpc) is 2.91. The van der Waals surface area contributed by atoms with Crippen molar-refractivity contribution in [1.29, 1.82) is 0 Å². The number of nitrogens with one attached hydrogen (secondary N) is 3. The lowest BCUT2D eigenvalue weighted by Gasteiger charge is -2.15. The summed E-state index contributed by atoms with van der Waals surface area (Å²) in [6, 6.07) is 19.5. The molecule has 0 aliphatic carbocycles. The second-order valence-corrected chi connectivity index (χ2v) is 11.0. The van der Waals surface area contributed by atoms with Crippen LogP contribution in [0.15, 0.2) is 77.8 Å². The zero-order chi connectivity index (χ0) is 28.9. The highest BCUT2D eigenvalue weighted by Gasteiger charge is 2.25. The lowest BCUT2D eigenvalue weighted by atomic mass is 10.0. The lowest BCUT2D eigenvalue weighted by molar-refractivity contribution is -0.156. The summed E-state index contributed by atoms with van der Waals surface area (Å²) in [4.78, 5) is 17.5. The maximum atomic E-state index is 13.0. The van der Waals surface area contributed by atoms with Crippen molar-refractivity contribution < 1.29 is 26.4 Å². The topological polar surface area (TPSA) is 113 Å². The molecule has 40 heavy (non-hydrogen) atoms. The number of aryl methyl sites for hydroxylation is 2. The van der Waals surface area contributed by atoms with Crippen LogP contribution in [0.1, 0.15) is 11.1 Å². The van der Waals surface area contributed by atoms with Gasteiger partial charge in [0.15, 0.2) is 5.82 Å². The number of aldehydes is 1. The van der Waals surface area contributed by atoms with E-state index in [9.17, 15) is 21.6 Å². The number of alkyl halides is 3. The number of rotatable bonds is 3. The van der Waals surface area contributed by atoms with E-state index in [1.165, 1.54) is 18.3 Å². The van der Waals surface area contributed by atoms with Crippen molar-refractivity contribution in [1.82, 2.24) is 9.97 Å². The molecule has 0 radical (unpaired) electrons. The van der Waals surface area contributed by atoms with Crippen LogP contribution in [0.4, 0.5) is 42.0 Å². The molecule has 1 aromatic heterocycles. The van der Waals surface area contributed by atoms with Crippen molar-refractivity contribution in [3.05, 3.63) is 94.1 Å². The molecule has 0 spiro atoms. The number of hydrogen-bond acceptors (Lipinski definition) is 7. The standard InChI is InChI=1S/C24H19Cl2N5O2S.C2HF3O/c25-17-4-2-6-20(13-17)34(32,33)31-22-10-9-19-12-16(22)8-7-15-3-1-5-18(11-15)29-24-27-14-21(26)23(28-19)30-24;3-2(4,5)1-6/h1-6,9-14,31H,7-8H2,(H2,27,28,29,30);1H. The van der Waals surface area contributed by atoms with Crippen LogP contribution in [0.2, 0.25) is 10.0 Å². The van der Waals surface area contributed by atoms with Gasteiger partial charge in [0.2, 0.25) is 12.2 Å². The van der Waals surface area contributed by atoms with Crippen molar-refractivity contribution >= 4 is 68.3 Å². The predicted octanol–water partition coefficient (Wildman–Crippen LogP) is 6.92. The monoisotopic (exact) mass is 609 g/mol. The van der Waals surface area contributed by atoms with E-state index >= 15 is 0 Å². The third kappa shape index (κ3) is 7.84. The molecule has 2 heterocycles. The molecule has 0 amide bonds. The molecule has 3 N–H and O–H groups in total. The normalized spacial score (nSPS) is 12.6. The highest BCUT2D eigenvalue weighted by Crippen LogP contribution is 2.30. The van der Waals surface area contributed by atoms with E-state index in [1.54, 1.807) is 24.3 Å². The summed E-state index contributed by atoms with van der Waals surface area (Å²) in [5, 5.41) is 7.12. The molecule has 5 rings (SSSR count). The summed E-state index contributed by atoms with van der Waals surface area (Å²) < 4.78 is 60.0. The van der Waals surface area contributed by atoms with Gasteiger partial charge in [-0.25, -0.2) is 13.4 Å². The lowest BCUT2D eigenvalue weighted by Crippen LogP contribution is -2.14. The van der Waals surface area contributed by atoms with Gasteiger partial charge < -0.3 is 10.6 Å². The number of sulfonamides is 1. The van der Waals surface area contributed by atoms with E-state index in [0.29, 0.717) is 40.3 Å². The number of benzene rings is 3. The maximum absolute atomic E-state index is 13.0. The van der Waals surface area contributed by atoms with Crippen LogP contribution in [-0.2, 0) is 27.7 Å². The van der Waals surface area contributed by atoms with Gasteiger partial charge in [-0.3, -0.25) is 9.52 Å². The highest BCUT2D eigenvalue weighted by atomic mass is 35.5. The van der Waals surface area contributed by atoms with Gasteiger partial charge in [0.05, 0.1) is 16.8 Å². The molecule has 208 valence electrons. The maximum Gasteiger partial charge on any atom is 0.446 e. The van der Waals surface area contributed by atoms with Gasteiger partial charge in [-0.15, -0.1) is 0 Å². The Morgan fingerprint density at radius 2 is 1.65 bits per heavy atom. The van der Waals surface area contributed by atoms with Gasteiger partial charge in [0.25, 0.3) is 10.0 Å². The number of anilines is 5. The minimum absolute atomic E-state index is 0.0955. The van der Waals surface area contributed by atoms with E-state index in [-0.39, 0.29) is 4.90 Å². The van der Waals surface area contributed by atoms with Crippen molar-refractivity contribution in [3.8, 4) is 0 Å². The molecule has 6 bridgehead atoms. The summed E-state index contributed by atoms with van der Waals surface area (Å²) in [5.41, 5.74) is 3.96. The molecule has 0 saturated heterocycles. The molecule has 8 nitrogen and oxygen atoms in total. The van der Waals surface area contributed by atoms with E-state index in [0.717, 1.165) is 22.5 Å². The zero-order valence-corrected chi connectivity index (χ0v) is 22.7. The van der Waals surface area contributed by atoms with E-state index < -0.39 is 22.5 Å². The molecular formula is C26H20Cl2F3N5O3S. The van der Waals surface area contributed by atoms with E-state index in [2.05, 4.69) is 25.3 Å². The first-order valence-electron chi connectivity index (χ1n) is 11.5. The predicted molar refractivity (Wildman–Crippen MR) is 148 cm³/mol. The number of carbonyl (C=O) groups is 1. The number of nitrogens with zero attached hydrogens (tertiary/aromatic N) is 2. The SMILES string of the molecule is O=CC(F)(F)F.O=S(=O)(Nc1ccc2cc1CCc1cccc(c1)Nc1ncc(Cl)c(n1)N2)c1cccc(Cl)c1. The average molecular weight is 610 g/mol. The number of carbonyl (C=O) groups excluding carboxylic acids is 1. The molecule has 14 heteroatoms. The third-order valence-corrected chi connectivity index (χ3v) is 7.34. The molecule has 4 aromatic rings. The van der Waals surface area contributed by atoms with Gasteiger partial charge >= 0.3 is 6.18 Å². The molecule has 0 atom stereocenters. The van der Waals surface area contributed by atoms with Crippen LogP contribution in [0.5, 0.6) is 0 Å². The summed E-state index contributed by atoms with van der Waals surface area (Å²) in [7, 11) is -3.82. The van der Waals surface area contributed by atoms with Gasteiger partial charge in [0.1, 0.15) is 5.02 Å². The molecule has 0 fully saturated rings. The summed E-state index contributed by atoms with van der Waals surface area (Å²) in [5.74, 6) is 0.849. The van der Waals surface area contributed by atoms with Crippen LogP contribution in [0, 0.1) is 0 Å². The number of fused-ring (bicyclic) bond motifs is 6. The molecule has 0 unspecified atom stereocenters. The van der Waals surface area contributed by atoms with Gasteiger partial charge in [-0.05, 0) is 72.5 Å². The Morgan fingerprint density at radius 1 is 0.925 bits per heavy atom. The van der Waals surface area contributed by atoms with Gasteiger partial charge in [0, 0.05) is 16.4 Å². The Labute approximate surface area is 237 Å². The summed E-state index contributed by atoms with van der Waals surface area (Å²) in [6.45, 7) is 0.